The number of hydrogen-bond acceptors (Lipinski definition) is 5. The van der Waals surface area contributed by atoms with E-state index in [9.17, 15) is 8.78 Å². The lowest BCUT2D eigenvalue weighted by Crippen LogP contribution is -2.10. The van der Waals surface area contributed by atoms with Gasteiger partial charge in [0.05, 0.1) is 0 Å². The zero-order valence-corrected chi connectivity index (χ0v) is 12.1. The molecule has 5 nitrogen and oxygen atoms in total. The van der Waals surface area contributed by atoms with Crippen LogP contribution in [0, 0.1) is 11.6 Å². The van der Waals surface area contributed by atoms with E-state index in [0.717, 1.165) is 18.6 Å². The lowest BCUT2D eigenvalue weighted by molar-refractivity contribution is 0.507. The Morgan fingerprint density at radius 1 is 1.05 bits per heavy atom. The Bertz CT molecular complexity index is 624. The highest BCUT2D eigenvalue weighted by molar-refractivity contribution is 6.28. The van der Waals surface area contributed by atoms with Crippen molar-refractivity contribution in [2.75, 3.05) is 17.2 Å². The van der Waals surface area contributed by atoms with E-state index in [1.54, 1.807) is 0 Å². The molecule has 1 aromatic carbocycles. The minimum absolute atomic E-state index is 0.0522. The predicted octanol–water partition coefficient (Wildman–Crippen LogP) is 3.24. The smallest absolute Gasteiger partial charge is 0.229 e. The first-order valence-corrected chi connectivity index (χ1v) is 6.79. The van der Waals surface area contributed by atoms with Crippen molar-refractivity contribution in [2.24, 2.45) is 0 Å². The second-order valence-corrected chi connectivity index (χ2v) is 4.62. The molecule has 1 aromatic heterocycles. The standard InChI is InChI=1S/C13H14ClF2N5/c1-2-5-17-12-19-11(14)20-13(21-12)18-7-8-3-4-9(15)10(16)6-8/h3-4,6H,2,5,7H2,1H3,(H2,17,18,19,20,21). The molecule has 0 atom stereocenters. The van der Waals surface area contributed by atoms with Gasteiger partial charge in [0.2, 0.25) is 17.2 Å². The second kappa shape index (κ2) is 7.12. The minimum atomic E-state index is -0.895. The maximum atomic E-state index is 13.1. The van der Waals surface area contributed by atoms with E-state index in [2.05, 4.69) is 25.6 Å². The normalized spacial score (nSPS) is 10.5. The maximum Gasteiger partial charge on any atom is 0.229 e. The van der Waals surface area contributed by atoms with Gasteiger partial charge >= 0.3 is 0 Å². The Kier molecular flexibility index (Phi) is 5.21. The monoisotopic (exact) mass is 313 g/mol. The fourth-order valence-electron chi connectivity index (χ4n) is 1.58. The van der Waals surface area contributed by atoms with Crippen LogP contribution in [0.2, 0.25) is 5.28 Å². The highest BCUT2D eigenvalue weighted by Crippen LogP contribution is 2.12. The van der Waals surface area contributed by atoms with Crippen LogP contribution in [0.1, 0.15) is 18.9 Å². The van der Waals surface area contributed by atoms with E-state index < -0.39 is 11.6 Å². The molecule has 0 aliphatic carbocycles. The molecular formula is C13H14ClF2N5. The van der Waals surface area contributed by atoms with Crippen molar-refractivity contribution in [3.05, 3.63) is 40.7 Å². The van der Waals surface area contributed by atoms with E-state index >= 15 is 0 Å². The van der Waals surface area contributed by atoms with E-state index in [0.29, 0.717) is 18.1 Å². The van der Waals surface area contributed by atoms with Crippen LogP contribution in [0.25, 0.3) is 0 Å². The first-order chi connectivity index (χ1) is 10.1. The molecule has 0 radical (unpaired) electrons. The number of halogens is 3. The van der Waals surface area contributed by atoms with Gasteiger partial charge in [-0.25, -0.2) is 8.78 Å². The topological polar surface area (TPSA) is 62.7 Å². The van der Waals surface area contributed by atoms with Gasteiger partial charge in [-0.2, -0.15) is 15.0 Å². The predicted molar refractivity (Wildman–Crippen MR) is 77.3 cm³/mol. The Morgan fingerprint density at radius 2 is 1.76 bits per heavy atom. The molecule has 0 unspecified atom stereocenters. The second-order valence-electron chi connectivity index (χ2n) is 4.28. The van der Waals surface area contributed by atoms with Crippen LogP contribution in [0.4, 0.5) is 20.7 Å². The first kappa shape index (κ1) is 15.4. The van der Waals surface area contributed by atoms with Crippen molar-refractivity contribution in [3.8, 4) is 0 Å². The Labute approximate surface area is 125 Å². The van der Waals surface area contributed by atoms with Gasteiger partial charge in [-0.1, -0.05) is 13.0 Å². The Hall–Kier alpha value is -2.02. The highest BCUT2D eigenvalue weighted by atomic mass is 35.5. The maximum absolute atomic E-state index is 13.1. The van der Waals surface area contributed by atoms with Gasteiger partial charge in [0.15, 0.2) is 11.6 Å². The molecule has 112 valence electrons. The van der Waals surface area contributed by atoms with Crippen LogP contribution in [0.5, 0.6) is 0 Å². The summed E-state index contributed by atoms with van der Waals surface area (Å²) in [5, 5.41) is 5.94. The first-order valence-electron chi connectivity index (χ1n) is 6.41. The van der Waals surface area contributed by atoms with Gasteiger partial charge in [0.1, 0.15) is 0 Å². The molecule has 1 heterocycles. The summed E-state index contributed by atoms with van der Waals surface area (Å²) in [4.78, 5) is 12.0. The molecule has 0 fully saturated rings. The third-order valence-corrected chi connectivity index (χ3v) is 2.74. The number of hydrogen-bond donors (Lipinski definition) is 2. The Balaban J connectivity index is 2.05. The molecule has 0 amide bonds. The van der Waals surface area contributed by atoms with Crippen molar-refractivity contribution in [1.82, 2.24) is 15.0 Å². The number of benzene rings is 1. The van der Waals surface area contributed by atoms with Gasteiger partial charge < -0.3 is 10.6 Å². The largest absolute Gasteiger partial charge is 0.354 e. The third-order valence-electron chi connectivity index (χ3n) is 2.58. The molecular weight excluding hydrogens is 300 g/mol. The lowest BCUT2D eigenvalue weighted by Gasteiger charge is -2.08. The average molecular weight is 314 g/mol. The summed E-state index contributed by atoms with van der Waals surface area (Å²) in [5.74, 6) is -1.15. The zero-order valence-electron chi connectivity index (χ0n) is 11.3. The molecule has 0 bridgehead atoms. The van der Waals surface area contributed by atoms with Gasteiger partial charge in [-0.15, -0.1) is 0 Å². The lowest BCUT2D eigenvalue weighted by atomic mass is 10.2. The van der Waals surface area contributed by atoms with Gasteiger partial charge in [0.25, 0.3) is 0 Å². The molecule has 8 heteroatoms. The van der Waals surface area contributed by atoms with Gasteiger partial charge in [-0.3, -0.25) is 0 Å². The fraction of sp³-hybridized carbons (Fsp3) is 0.308. The van der Waals surface area contributed by atoms with E-state index in [4.69, 9.17) is 11.6 Å². The molecule has 2 N–H and O–H groups in total. The van der Waals surface area contributed by atoms with Crippen molar-refractivity contribution >= 4 is 23.5 Å². The summed E-state index contributed by atoms with van der Waals surface area (Å²) in [6, 6.07) is 3.66. The Morgan fingerprint density at radius 3 is 2.43 bits per heavy atom. The molecule has 2 rings (SSSR count). The quantitative estimate of drug-likeness (QED) is 0.857. The van der Waals surface area contributed by atoms with Crippen molar-refractivity contribution in [2.45, 2.75) is 19.9 Å². The summed E-state index contributed by atoms with van der Waals surface area (Å²) >= 11 is 5.80. The summed E-state index contributed by atoms with van der Waals surface area (Å²) < 4.78 is 25.9. The molecule has 0 saturated heterocycles. The van der Waals surface area contributed by atoms with Crippen molar-refractivity contribution < 1.29 is 8.78 Å². The summed E-state index contributed by atoms with van der Waals surface area (Å²) in [5.41, 5.74) is 0.563. The van der Waals surface area contributed by atoms with Crippen LogP contribution in [0.15, 0.2) is 18.2 Å². The van der Waals surface area contributed by atoms with Gasteiger partial charge in [0, 0.05) is 13.1 Å². The van der Waals surface area contributed by atoms with Crippen molar-refractivity contribution in [3.63, 3.8) is 0 Å². The van der Waals surface area contributed by atoms with E-state index in [1.165, 1.54) is 6.07 Å². The number of nitrogens with one attached hydrogen (secondary N) is 2. The minimum Gasteiger partial charge on any atom is -0.354 e. The van der Waals surface area contributed by atoms with Gasteiger partial charge in [-0.05, 0) is 35.7 Å². The molecule has 0 aliphatic rings. The summed E-state index contributed by atoms with van der Waals surface area (Å²) in [7, 11) is 0. The average Bonchev–Trinajstić information content (AvgIpc) is 2.46. The van der Waals surface area contributed by atoms with Crippen LogP contribution in [-0.4, -0.2) is 21.5 Å². The molecule has 0 spiro atoms. The molecule has 0 saturated carbocycles. The van der Waals surface area contributed by atoms with Crippen LogP contribution in [-0.2, 0) is 6.54 Å². The zero-order chi connectivity index (χ0) is 15.2. The third kappa shape index (κ3) is 4.49. The van der Waals surface area contributed by atoms with Crippen LogP contribution >= 0.6 is 11.6 Å². The molecule has 2 aromatic rings. The summed E-state index contributed by atoms with van der Waals surface area (Å²) in [6.07, 6.45) is 0.918. The van der Waals surface area contributed by atoms with E-state index in [1.807, 2.05) is 6.92 Å². The number of anilines is 2. The van der Waals surface area contributed by atoms with Crippen LogP contribution in [0.3, 0.4) is 0 Å². The van der Waals surface area contributed by atoms with E-state index in [-0.39, 0.29) is 17.8 Å². The fourth-order valence-corrected chi connectivity index (χ4v) is 1.74. The summed E-state index contributed by atoms with van der Waals surface area (Å²) in [6.45, 7) is 2.96. The molecule has 0 aliphatic heterocycles. The SMILES string of the molecule is CCCNc1nc(Cl)nc(NCc2ccc(F)c(F)c2)n1. The molecule has 21 heavy (non-hydrogen) atoms. The van der Waals surface area contributed by atoms with Crippen molar-refractivity contribution in [1.29, 1.82) is 0 Å². The number of aromatic nitrogens is 3. The number of nitrogens with zero attached hydrogens (tertiary/aromatic N) is 3. The highest BCUT2D eigenvalue weighted by Gasteiger charge is 2.06. The number of rotatable bonds is 6. The van der Waals surface area contributed by atoms with Crippen LogP contribution < -0.4 is 10.6 Å².